The summed E-state index contributed by atoms with van der Waals surface area (Å²) in [5, 5.41) is 19.2. The molecule has 2 aromatic heterocycles. The second-order valence-corrected chi connectivity index (χ2v) is 10.8. The second kappa shape index (κ2) is 8.69. The van der Waals surface area contributed by atoms with Crippen molar-refractivity contribution < 1.29 is 14.3 Å². The summed E-state index contributed by atoms with van der Waals surface area (Å²) in [5.41, 5.74) is 10.6. The van der Waals surface area contributed by atoms with Gasteiger partial charge in [-0.2, -0.15) is 0 Å². The first-order chi connectivity index (χ1) is 14.7. The summed E-state index contributed by atoms with van der Waals surface area (Å²) in [6.07, 6.45) is 8.19. The zero-order valence-electron chi connectivity index (χ0n) is 17.8. The van der Waals surface area contributed by atoms with Gasteiger partial charge in [-0.25, -0.2) is 9.18 Å². The van der Waals surface area contributed by atoms with Gasteiger partial charge in [-0.1, -0.05) is 0 Å². The Hall–Kier alpha value is -1.68. The van der Waals surface area contributed by atoms with Gasteiger partial charge in [0.15, 0.2) is 5.82 Å². The minimum atomic E-state index is -1.13. The zero-order valence-corrected chi connectivity index (χ0v) is 19.5. The highest BCUT2D eigenvalue weighted by Gasteiger charge is 2.38. The highest BCUT2D eigenvalue weighted by Crippen LogP contribution is 2.52. The van der Waals surface area contributed by atoms with Crippen molar-refractivity contribution in [2.45, 2.75) is 80.4 Å². The molecule has 9 heteroatoms. The number of thiophene rings is 1. The molecule has 0 spiro atoms. The number of nitrogens with two attached hydrogens (primary N) is 2. The first-order valence-electron chi connectivity index (χ1n) is 10.7. The molecule has 2 fully saturated rings. The molecule has 6 nitrogen and oxygen atoms in total. The van der Waals surface area contributed by atoms with E-state index < -0.39 is 17.4 Å². The molecule has 31 heavy (non-hydrogen) atoms. The smallest absolute Gasteiger partial charge is 0.316 e. The van der Waals surface area contributed by atoms with Crippen LogP contribution in [0.5, 0.6) is 0 Å². The Balaban J connectivity index is 0.000000168. The molecule has 2 heterocycles. The van der Waals surface area contributed by atoms with Crippen LogP contribution in [0.25, 0.3) is 0 Å². The van der Waals surface area contributed by atoms with Crippen molar-refractivity contribution in [2.75, 3.05) is 5.32 Å². The number of hydrogen-bond acceptors (Lipinski definition) is 6. The number of aliphatic hydroxyl groups is 1. The Morgan fingerprint density at radius 1 is 1.29 bits per heavy atom. The first-order valence-corrected chi connectivity index (χ1v) is 12.4. The van der Waals surface area contributed by atoms with Gasteiger partial charge in [-0.05, 0) is 82.2 Å². The molecule has 0 saturated heterocycles. The van der Waals surface area contributed by atoms with Gasteiger partial charge in [0.05, 0.1) is 11.3 Å². The van der Waals surface area contributed by atoms with Crippen LogP contribution in [0, 0.1) is 5.82 Å². The number of hydrogen-bond donors (Lipinski definition) is 4. The van der Waals surface area contributed by atoms with E-state index in [1.165, 1.54) is 59.5 Å². The Labute approximate surface area is 190 Å². The molecule has 0 aromatic carbocycles. The molecule has 3 aliphatic carbocycles. The number of primary amides is 1. The fourth-order valence-electron chi connectivity index (χ4n) is 4.15. The largest absolute Gasteiger partial charge is 0.386 e. The van der Waals surface area contributed by atoms with Crippen LogP contribution in [0.4, 0.5) is 14.9 Å². The number of nitrogens with one attached hydrogen (secondary N) is 1. The normalized spacial score (nSPS) is 17.7. The van der Waals surface area contributed by atoms with Crippen LogP contribution < -0.4 is 16.2 Å². The highest BCUT2D eigenvalue weighted by molar-refractivity contribution is 7.99. The molecule has 168 valence electrons. The van der Waals surface area contributed by atoms with Crippen molar-refractivity contribution in [3.8, 4) is 0 Å². The number of rotatable bonds is 5. The summed E-state index contributed by atoms with van der Waals surface area (Å²) < 4.78 is 13.7. The number of fused-ring (bicyclic) bond motifs is 1. The number of urea groups is 1. The van der Waals surface area contributed by atoms with Gasteiger partial charge in [0.1, 0.15) is 4.21 Å². The zero-order chi connectivity index (χ0) is 22.3. The quantitative estimate of drug-likeness (QED) is 0.470. The summed E-state index contributed by atoms with van der Waals surface area (Å²) in [7, 11) is 0. The molecule has 0 atom stereocenters. The molecule has 6 N–H and O–H groups in total. The number of nitrogens with zero attached hydrogens (tertiary/aromatic N) is 1. The minimum absolute atomic E-state index is 0.306. The van der Waals surface area contributed by atoms with Crippen molar-refractivity contribution >= 4 is 35.0 Å². The van der Waals surface area contributed by atoms with E-state index in [0.717, 1.165) is 36.9 Å². The Morgan fingerprint density at radius 3 is 2.45 bits per heavy atom. The van der Waals surface area contributed by atoms with E-state index in [4.69, 9.17) is 15.9 Å². The number of pyridine rings is 1. The molecule has 0 radical (unpaired) electrons. The monoisotopic (exact) mass is 464 g/mol. The van der Waals surface area contributed by atoms with Gasteiger partial charge in [0.2, 0.25) is 0 Å². The Morgan fingerprint density at radius 2 is 1.97 bits per heavy atom. The van der Waals surface area contributed by atoms with Gasteiger partial charge < -0.3 is 16.2 Å². The molecule has 2 amide bonds. The van der Waals surface area contributed by atoms with Gasteiger partial charge in [-0.3, -0.25) is 10.1 Å². The molecule has 3 aliphatic rings. The molecule has 2 saturated carbocycles. The number of anilines is 1. The van der Waals surface area contributed by atoms with Crippen molar-refractivity contribution in [2.24, 2.45) is 10.9 Å². The third-order valence-electron chi connectivity index (χ3n) is 5.95. The van der Waals surface area contributed by atoms with Crippen LogP contribution in [0.2, 0.25) is 0 Å². The third kappa shape index (κ3) is 4.89. The average Bonchev–Trinajstić information content (AvgIpc) is 3.61. The summed E-state index contributed by atoms with van der Waals surface area (Å²) >= 11 is 2.07. The number of aryl methyl sites for hydroxylation is 1. The maximum absolute atomic E-state index is 13.3. The maximum Gasteiger partial charge on any atom is 0.316 e. The fraction of sp³-hybridized carbons (Fsp3) is 0.545. The van der Waals surface area contributed by atoms with Crippen LogP contribution in [0.1, 0.15) is 85.9 Å². The van der Waals surface area contributed by atoms with Crippen LogP contribution in [-0.4, -0.2) is 16.1 Å². The standard InChI is InChI=1S/C15H19N3O.C7H10FNOS2/c16-15(19)18-14-10-2-1-3-11(10)17-13(9-6-7-9)12(14)8-4-5-8;1-7(2,10)4-3-11-6(12-9)5(4)8/h8-9H,1-7H2,(H3,16,17,18,19);3,10H,9H2,1-2H3. The van der Waals surface area contributed by atoms with E-state index in [2.05, 4.69) is 5.32 Å². The predicted octanol–water partition coefficient (Wildman–Crippen LogP) is 4.90. The Kier molecular flexibility index (Phi) is 6.31. The molecule has 0 unspecified atom stereocenters. The lowest BCUT2D eigenvalue weighted by Crippen LogP contribution is -2.22. The van der Waals surface area contributed by atoms with E-state index in [-0.39, 0.29) is 0 Å². The van der Waals surface area contributed by atoms with Crippen LogP contribution in [0.15, 0.2) is 9.59 Å². The lowest BCUT2D eigenvalue weighted by atomic mass is 9.98. The number of carbonyl (C=O) groups excluding carboxylic acids is 1. The predicted molar refractivity (Wildman–Crippen MR) is 123 cm³/mol. The second-order valence-electron chi connectivity index (χ2n) is 9.03. The van der Waals surface area contributed by atoms with Gasteiger partial charge >= 0.3 is 6.03 Å². The van der Waals surface area contributed by atoms with Crippen molar-refractivity contribution in [3.63, 3.8) is 0 Å². The molecule has 2 aromatic rings. The van der Waals surface area contributed by atoms with E-state index in [1.807, 2.05) is 0 Å². The topological polar surface area (TPSA) is 114 Å². The molecule has 0 bridgehead atoms. The summed E-state index contributed by atoms with van der Waals surface area (Å²) in [5.74, 6) is 0.839. The van der Waals surface area contributed by atoms with Crippen molar-refractivity contribution in [1.82, 2.24) is 4.98 Å². The molecular weight excluding hydrogens is 435 g/mol. The number of amides is 2. The minimum Gasteiger partial charge on any atom is -0.386 e. The molecular formula is C22H29FN4O2S2. The van der Waals surface area contributed by atoms with Crippen molar-refractivity contribution in [1.29, 1.82) is 0 Å². The summed E-state index contributed by atoms with van der Waals surface area (Å²) in [4.78, 5) is 16.3. The summed E-state index contributed by atoms with van der Waals surface area (Å²) in [6, 6.07) is -0.441. The molecule has 0 aliphatic heterocycles. The first kappa shape index (κ1) is 22.5. The van der Waals surface area contributed by atoms with Crippen LogP contribution in [-0.2, 0) is 18.4 Å². The lowest BCUT2D eigenvalue weighted by molar-refractivity contribution is 0.0748. The average molecular weight is 465 g/mol. The SMILES string of the molecule is CC(C)(O)c1csc(SN)c1F.NC(=O)Nc1c2c(nc(C3CC3)c1C1CC1)CCC2. The van der Waals surface area contributed by atoms with E-state index in [1.54, 1.807) is 19.2 Å². The van der Waals surface area contributed by atoms with E-state index in [0.29, 0.717) is 21.6 Å². The van der Waals surface area contributed by atoms with Gasteiger partial charge in [-0.15, -0.1) is 11.3 Å². The van der Waals surface area contributed by atoms with Gasteiger partial charge in [0.25, 0.3) is 0 Å². The third-order valence-corrected chi connectivity index (χ3v) is 7.67. The fourth-order valence-corrected chi connectivity index (χ4v) is 5.56. The number of carbonyl (C=O) groups is 1. The van der Waals surface area contributed by atoms with Crippen LogP contribution in [0.3, 0.4) is 0 Å². The maximum atomic E-state index is 13.3. The number of halogens is 1. The molecule has 5 rings (SSSR count). The van der Waals surface area contributed by atoms with E-state index >= 15 is 0 Å². The van der Waals surface area contributed by atoms with Crippen LogP contribution >= 0.6 is 23.3 Å². The lowest BCUT2D eigenvalue weighted by Gasteiger charge is -2.18. The Bertz CT molecular complexity index is 994. The summed E-state index contributed by atoms with van der Waals surface area (Å²) in [6.45, 7) is 3.09. The van der Waals surface area contributed by atoms with E-state index in [9.17, 15) is 14.3 Å². The van der Waals surface area contributed by atoms with Crippen molar-refractivity contribution in [3.05, 3.63) is 39.3 Å². The number of aromatic nitrogens is 1. The van der Waals surface area contributed by atoms with Gasteiger partial charge in [0, 0.05) is 33.8 Å². The highest BCUT2D eigenvalue weighted by atomic mass is 32.2.